The number of hydrogen-bond acceptors (Lipinski definition) is 7. The van der Waals surface area contributed by atoms with Crippen molar-refractivity contribution in [3.8, 4) is 0 Å². The van der Waals surface area contributed by atoms with E-state index in [0.717, 1.165) is 28.4 Å². The first-order chi connectivity index (χ1) is 17.6. The van der Waals surface area contributed by atoms with Crippen LogP contribution in [0.25, 0.3) is 5.76 Å². The molecule has 2 aliphatic heterocycles. The number of hydrogen-bond donors (Lipinski definition) is 1. The van der Waals surface area contributed by atoms with Gasteiger partial charge in [-0.25, -0.2) is 12.7 Å². The maximum absolute atomic E-state index is 13.2. The Labute approximate surface area is 225 Å². The van der Waals surface area contributed by atoms with Crippen molar-refractivity contribution in [1.82, 2.24) is 14.1 Å². The summed E-state index contributed by atoms with van der Waals surface area (Å²) in [5.41, 5.74) is 0.940. The standard InChI is InChI=1S/C26H30BrN3O6S/c1-28(2)37(34,35)21-10-6-19(7-11-21)24(31)22-23(18-4-8-20(27)9-5-18)30(26(33)25(22)32)13-3-12-29-14-16-36-17-15-29/h4-11,23,31H,3,12-17H2,1-2H3/b24-22+. The minimum atomic E-state index is -3.65. The van der Waals surface area contributed by atoms with E-state index in [-0.39, 0.29) is 21.8 Å². The molecule has 0 radical (unpaired) electrons. The molecule has 11 heteroatoms. The maximum Gasteiger partial charge on any atom is 0.295 e. The number of aliphatic hydroxyl groups is 1. The van der Waals surface area contributed by atoms with Gasteiger partial charge in [0, 0.05) is 50.3 Å². The number of aliphatic hydroxyl groups excluding tert-OH is 1. The van der Waals surface area contributed by atoms with Crippen molar-refractivity contribution in [3.05, 3.63) is 69.7 Å². The van der Waals surface area contributed by atoms with Gasteiger partial charge >= 0.3 is 0 Å². The lowest BCUT2D eigenvalue weighted by Crippen LogP contribution is -2.38. The smallest absolute Gasteiger partial charge is 0.295 e. The number of rotatable bonds is 8. The van der Waals surface area contributed by atoms with E-state index in [1.165, 1.54) is 43.3 Å². The predicted octanol–water partition coefficient (Wildman–Crippen LogP) is 2.84. The average molecular weight is 593 g/mol. The second-order valence-corrected chi connectivity index (χ2v) is 12.2. The summed E-state index contributed by atoms with van der Waals surface area (Å²) in [6, 6.07) is 12.1. The zero-order valence-electron chi connectivity index (χ0n) is 20.8. The first-order valence-electron chi connectivity index (χ1n) is 12.0. The lowest BCUT2D eigenvalue weighted by atomic mass is 9.95. The molecule has 0 aliphatic carbocycles. The predicted molar refractivity (Wildman–Crippen MR) is 142 cm³/mol. The molecule has 0 saturated carbocycles. The van der Waals surface area contributed by atoms with Gasteiger partial charge in [0.05, 0.1) is 29.7 Å². The van der Waals surface area contributed by atoms with Crippen molar-refractivity contribution >= 4 is 43.4 Å². The van der Waals surface area contributed by atoms with Gasteiger partial charge in [-0.05, 0) is 48.4 Å². The molecular formula is C26H30BrN3O6S. The summed E-state index contributed by atoms with van der Waals surface area (Å²) in [7, 11) is -0.789. The summed E-state index contributed by atoms with van der Waals surface area (Å²) >= 11 is 3.42. The Bertz CT molecular complexity index is 1290. The Morgan fingerprint density at radius 1 is 1.03 bits per heavy atom. The van der Waals surface area contributed by atoms with Crippen LogP contribution in [0.5, 0.6) is 0 Å². The van der Waals surface area contributed by atoms with Crippen molar-refractivity contribution in [2.75, 3.05) is 53.5 Å². The van der Waals surface area contributed by atoms with Crippen LogP contribution < -0.4 is 0 Å². The van der Waals surface area contributed by atoms with E-state index in [9.17, 15) is 23.1 Å². The van der Waals surface area contributed by atoms with Gasteiger partial charge in [-0.1, -0.05) is 28.1 Å². The Hall–Kier alpha value is -2.57. The van der Waals surface area contributed by atoms with E-state index in [1.54, 1.807) is 0 Å². The van der Waals surface area contributed by atoms with Crippen LogP contribution in [0.1, 0.15) is 23.6 Å². The van der Waals surface area contributed by atoms with Gasteiger partial charge in [-0.2, -0.15) is 0 Å². The second kappa shape index (κ2) is 11.4. The van der Waals surface area contributed by atoms with Crippen LogP contribution in [0, 0.1) is 0 Å². The molecule has 1 atom stereocenters. The summed E-state index contributed by atoms with van der Waals surface area (Å²) in [6.07, 6.45) is 0.664. The third kappa shape index (κ3) is 5.80. The fourth-order valence-electron chi connectivity index (χ4n) is 4.54. The van der Waals surface area contributed by atoms with Crippen LogP contribution in [-0.4, -0.2) is 92.8 Å². The van der Waals surface area contributed by atoms with Crippen molar-refractivity contribution in [2.24, 2.45) is 0 Å². The Morgan fingerprint density at radius 2 is 1.65 bits per heavy atom. The number of carbonyl (C=O) groups is 2. The van der Waals surface area contributed by atoms with Crippen molar-refractivity contribution in [2.45, 2.75) is 17.4 Å². The number of sulfonamides is 1. The number of likely N-dealkylation sites (tertiary alicyclic amines) is 1. The van der Waals surface area contributed by atoms with Gasteiger partial charge in [0.25, 0.3) is 11.7 Å². The van der Waals surface area contributed by atoms with Crippen LogP contribution in [0.2, 0.25) is 0 Å². The minimum absolute atomic E-state index is 0.0121. The SMILES string of the molecule is CN(C)S(=O)(=O)c1ccc(/C(O)=C2\C(=O)C(=O)N(CCCN3CCOCC3)C2c2ccc(Br)cc2)cc1. The highest BCUT2D eigenvalue weighted by molar-refractivity contribution is 9.10. The van der Waals surface area contributed by atoms with Crippen molar-refractivity contribution in [3.63, 3.8) is 0 Å². The molecule has 4 rings (SSSR count). The molecule has 2 aromatic rings. The topological polar surface area (TPSA) is 107 Å². The number of morpholine rings is 1. The molecule has 2 aliphatic rings. The summed E-state index contributed by atoms with van der Waals surface area (Å²) < 4.78 is 32.2. The van der Waals surface area contributed by atoms with Gasteiger partial charge in [0.1, 0.15) is 5.76 Å². The highest BCUT2D eigenvalue weighted by Crippen LogP contribution is 2.40. The molecule has 0 aromatic heterocycles. The highest BCUT2D eigenvalue weighted by atomic mass is 79.9. The molecule has 1 unspecified atom stereocenters. The van der Waals surface area contributed by atoms with E-state index < -0.39 is 27.8 Å². The third-order valence-corrected chi connectivity index (χ3v) is 8.97. The summed E-state index contributed by atoms with van der Waals surface area (Å²) in [5, 5.41) is 11.2. The van der Waals surface area contributed by atoms with E-state index in [1.807, 2.05) is 24.3 Å². The second-order valence-electron chi connectivity index (χ2n) is 9.16. The van der Waals surface area contributed by atoms with E-state index in [4.69, 9.17) is 4.74 Å². The average Bonchev–Trinajstić information content (AvgIpc) is 3.14. The van der Waals surface area contributed by atoms with Crippen molar-refractivity contribution in [1.29, 1.82) is 0 Å². The minimum Gasteiger partial charge on any atom is -0.507 e. The Balaban J connectivity index is 1.68. The number of Topliss-reactive ketones (excluding diaryl/α,β-unsaturated/α-hetero) is 1. The zero-order valence-corrected chi connectivity index (χ0v) is 23.2. The summed E-state index contributed by atoms with van der Waals surface area (Å²) in [5.74, 6) is -1.76. The van der Waals surface area contributed by atoms with Gasteiger partial charge in [-0.3, -0.25) is 14.5 Å². The number of carbonyl (C=O) groups excluding carboxylic acids is 2. The lowest BCUT2D eigenvalue weighted by molar-refractivity contribution is -0.140. The normalized spacial score (nSPS) is 20.6. The fraction of sp³-hybridized carbons (Fsp3) is 0.385. The maximum atomic E-state index is 13.2. The van der Waals surface area contributed by atoms with Gasteiger partial charge < -0.3 is 14.7 Å². The van der Waals surface area contributed by atoms with Gasteiger partial charge in [0.2, 0.25) is 10.0 Å². The van der Waals surface area contributed by atoms with Crippen LogP contribution in [-0.2, 0) is 24.3 Å². The molecular weight excluding hydrogens is 562 g/mol. The number of ether oxygens (including phenoxy) is 1. The fourth-order valence-corrected chi connectivity index (χ4v) is 5.71. The van der Waals surface area contributed by atoms with E-state index in [0.29, 0.717) is 31.7 Å². The molecule has 1 N–H and O–H groups in total. The third-order valence-electron chi connectivity index (χ3n) is 6.61. The van der Waals surface area contributed by atoms with E-state index >= 15 is 0 Å². The molecule has 37 heavy (non-hydrogen) atoms. The largest absolute Gasteiger partial charge is 0.507 e. The quantitative estimate of drug-likeness (QED) is 0.286. The van der Waals surface area contributed by atoms with Crippen LogP contribution in [0.3, 0.4) is 0 Å². The molecule has 198 valence electrons. The first-order valence-corrected chi connectivity index (χ1v) is 14.2. The first kappa shape index (κ1) is 27.5. The van der Waals surface area contributed by atoms with Crippen LogP contribution in [0.4, 0.5) is 0 Å². The van der Waals surface area contributed by atoms with Crippen LogP contribution >= 0.6 is 15.9 Å². The molecule has 1 amide bonds. The lowest BCUT2D eigenvalue weighted by Gasteiger charge is -2.29. The van der Waals surface area contributed by atoms with Gasteiger partial charge in [-0.15, -0.1) is 0 Å². The molecule has 9 nitrogen and oxygen atoms in total. The number of benzene rings is 2. The Kier molecular flexibility index (Phi) is 8.49. The molecule has 2 heterocycles. The summed E-state index contributed by atoms with van der Waals surface area (Å²) in [4.78, 5) is 30.2. The molecule has 2 fully saturated rings. The van der Waals surface area contributed by atoms with E-state index in [2.05, 4.69) is 20.8 Å². The number of halogens is 1. The number of ketones is 1. The molecule has 2 aromatic carbocycles. The summed E-state index contributed by atoms with van der Waals surface area (Å²) in [6.45, 7) is 4.12. The monoisotopic (exact) mass is 591 g/mol. The number of amides is 1. The zero-order chi connectivity index (χ0) is 26.7. The number of nitrogens with zero attached hydrogens (tertiary/aromatic N) is 3. The molecule has 0 bridgehead atoms. The van der Waals surface area contributed by atoms with Gasteiger partial charge in [0.15, 0.2) is 0 Å². The molecule has 2 saturated heterocycles. The molecule has 0 spiro atoms. The highest BCUT2D eigenvalue weighted by Gasteiger charge is 2.45. The Morgan fingerprint density at radius 3 is 2.24 bits per heavy atom. The van der Waals surface area contributed by atoms with Crippen LogP contribution in [0.15, 0.2) is 63.5 Å². The van der Waals surface area contributed by atoms with Crippen molar-refractivity contribution < 1.29 is 27.9 Å².